The van der Waals surface area contributed by atoms with Gasteiger partial charge in [0.05, 0.1) is 5.75 Å². The van der Waals surface area contributed by atoms with Crippen LogP contribution in [0.2, 0.25) is 10.0 Å². The standard InChI is InChI=1S/C10H13Cl2NO2S/c1-2-16(14,15)6-10(13)8-4-3-7(11)5-9(8)12/h3-5,10H,2,6,13H2,1H3/t10-/m0/s1. The van der Waals surface area contributed by atoms with Gasteiger partial charge in [0, 0.05) is 21.8 Å². The molecule has 0 fully saturated rings. The Bertz CT molecular complexity index is 474. The summed E-state index contributed by atoms with van der Waals surface area (Å²) in [6.07, 6.45) is 0. The molecule has 0 saturated heterocycles. The van der Waals surface area contributed by atoms with Crippen LogP contribution < -0.4 is 5.73 Å². The van der Waals surface area contributed by atoms with Crippen LogP contribution in [0.1, 0.15) is 18.5 Å². The predicted molar refractivity (Wildman–Crippen MR) is 67.7 cm³/mol. The highest BCUT2D eigenvalue weighted by Gasteiger charge is 2.17. The zero-order valence-corrected chi connectivity index (χ0v) is 11.1. The molecule has 0 saturated carbocycles. The molecule has 0 radical (unpaired) electrons. The van der Waals surface area contributed by atoms with Crippen molar-refractivity contribution < 1.29 is 8.42 Å². The Morgan fingerprint density at radius 3 is 2.50 bits per heavy atom. The highest BCUT2D eigenvalue weighted by atomic mass is 35.5. The molecule has 0 aliphatic carbocycles. The Balaban J connectivity index is 2.93. The molecule has 6 heteroatoms. The van der Waals surface area contributed by atoms with Gasteiger partial charge in [0.15, 0.2) is 9.84 Å². The first-order valence-electron chi connectivity index (χ1n) is 4.76. The Hall–Kier alpha value is -0.290. The van der Waals surface area contributed by atoms with Crippen molar-refractivity contribution in [3.63, 3.8) is 0 Å². The van der Waals surface area contributed by atoms with E-state index >= 15 is 0 Å². The second-order valence-electron chi connectivity index (χ2n) is 3.47. The van der Waals surface area contributed by atoms with Crippen LogP contribution in [-0.2, 0) is 9.84 Å². The third-order valence-electron chi connectivity index (χ3n) is 2.24. The van der Waals surface area contributed by atoms with E-state index in [0.29, 0.717) is 15.6 Å². The van der Waals surface area contributed by atoms with Crippen molar-refractivity contribution in [3.05, 3.63) is 33.8 Å². The Morgan fingerprint density at radius 2 is 2.00 bits per heavy atom. The zero-order chi connectivity index (χ0) is 12.3. The van der Waals surface area contributed by atoms with Crippen LogP contribution in [0.4, 0.5) is 0 Å². The van der Waals surface area contributed by atoms with Gasteiger partial charge in [-0.25, -0.2) is 8.42 Å². The molecule has 0 bridgehead atoms. The van der Waals surface area contributed by atoms with Crippen molar-refractivity contribution in [2.24, 2.45) is 5.73 Å². The summed E-state index contributed by atoms with van der Waals surface area (Å²) in [5.41, 5.74) is 6.40. The lowest BCUT2D eigenvalue weighted by Gasteiger charge is -2.13. The quantitative estimate of drug-likeness (QED) is 0.922. The number of hydrogen-bond donors (Lipinski definition) is 1. The summed E-state index contributed by atoms with van der Waals surface area (Å²) < 4.78 is 22.8. The van der Waals surface area contributed by atoms with Gasteiger partial charge in [-0.1, -0.05) is 36.2 Å². The van der Waals surface area contributed by atoms with E-state index in [4.69, 9.17) is 28.9 Å². The molecule has 3 nitrogen and oxygen atoms in total. The van der Waals surface area contributed by atoms with Crippen molar-refractivity contribution in [1.29, 1.82) is 0 Å². The van der Waals surface area contributed by atoms with E-state index in [9.17, 15) is 8.42 Å². The first kappa shape index (κ1) is 13.8. The maximum absolute atomic E-state index is 11.4. The first-order chi connectivity index (χ1) is 7.35. The van der Waals surface area contributed by atoms with Crippen LogP contribution >= 0.6 is 23.2 Å². The second-order valence-corrected chi connectivity index (χ2v) is 6.71. The Kier molecular flexibility index (Phi) is 4.62. The average molecular weight is 282 g/mol. The van der Waals surface area contributed by atoms with Crippen molar-refractivity contribution in [2.75, 3.05) is 11.5 Å². The third-order valence-corrected chi connectivity index (χ3v) is 4.54. The van der Waals surface area contributed by atoms with Gasteiger partial charge in [-0.05, 0) is 17.7 Å². The van der Waals surface area contributed by atoms with Crippen LogP contribution in [0.5, 0.6) is 0 Å². The fourth-order valence-corrected chi connectivity index (χ4v) is 2.79. The minimum Gasteiger partial charge on any atom is -0.323 e. The van der Waals surface area contributed by atoms with Crippen LogP contribution in [0.15, 0.2) is 18.2 Å². The van der Waals surface area contributed by atoms with Gasteiger partial charge in [0.25, 0.3) is 0 Å². The molecule has 1 atom stereocenters. The van der Waals surface area contributed by atoms with E-state index in [-0.39, 0.29) is 11.5 Å². The molecule has 1 rings (SSSR count). The number of halogens is 2. The fraction of sp³-hybridized carbons (Fsp3) is 0.400. The molecule has 0 unspecified atom stereocenters. The van der Waals surface area contributed by atoms with Crippen LogP contribution in [0.25, 0.3) is 0 Å². The smallest absolute Gasteiger partial charge is 0.151 e. The fourth-order valence-electron chi connectivity index (χ4n) is 1.28. The lowest BCUT2D eigenvalue weighted by molar-refractivity contribution is 0.590. The Morgan fingerprint density at radius 1 is 1.38 bits per heavy atom. The van der Waals surface area contributed by atoms with Gasteiger partial charge < -0.3 is 5.73 Å². The van der Waals surface area contributed by atoms with E-state index in [0.717, 1.165) is 0 Å². The third kappa shape index (κ3) is 3.63. The molecule has 0 aliphatic rings. The molecule has 2 N–H and O–H groups in total. The molecular weight excluding hydrogens is 269 g/mol. The van der Waals surface area contributed by atoms with Crippen LogP contribution in [-0.4, -0.2) is 19.9 Å². The summed E-state index contributed by atoms with van der Waals surface area (Å²) in [4.78, 5) is 0. The average Bonchev–Trinajstić information content (AvgIpc) is 2.16. The molecule has 0 heterocycles. The summed E-state index contributed by atoms with van der Waals surface area (Å²) in [7, 11) is -3.11. The van der Waals surface area contributed by atoms with E-state index < -0.39 is 15.9 Å². The second kappa shape index (κ2) is 5.36. The lowest BCUT2D eigenvalue weighted by Crippen LogP contribution is -2.23. The molecule has 0 aromatic heterocycles. The summed E-state index contributed by atoms with van der Waals surface area (Å²) in [5, 5.41) is 0.894. The van der Waals surface area contributed by atoms with Gasteiger partial charge in [0.2, 0.25) is 0 Å². The minimum absolute atomic E-state index is 0.0753. The summed E-state index contributed by atoms with van der Waals surface area (Å²) in [5.74, 6) is -0.0310. The first-order valence-corrected chi connectivity index (χ1v) is 7.34. The van der Waals surface area contributed by atoms with E-state index in [1.807, 2.05) is 0 Å². The summed E-state index contributed by atoms with van der Waals surface area (Å²) in [6.45, 7) is 1.59. The van der Waals surface area contributed by atoms with Crippen LogP contribution in [0.3, 0.4) is 0 Å². The number of rotatable bonds is 4. The van der Waals surface area contributed by atoms with Crippen molar-refractivity contribution in [2.45, 2.75) is 13.0 Å². The Labute approximate surface area is 105 Å². The van der Waals surface area contributed by atoms with Gasteiger partial charge >= 0.3 is 0 Å². The van der Waals surface area contributed by atoms with E-state index in [1.54, 1.807) is 25.1 Å². The topological polar surface area (TPSA) is 60.2 Å². The minimum atomic E-state index is -3.11. The van der Waals surface area contributed by atoms with Gasteiger partial charge in [0.1, 0.15) is 0 Å². The van der Waals surface area contributed by atoms with E-state index in [2.05, 4.69) is 0 Å². The number of sulfone groups is 1. The normalized spacial score (nSPS) is 13.8. The largest absolute Gasteiger partial charge is 0.323 e. The molecule has 0 aliphatic heterocycles. The molecule has 1 aromatic carbocycles. The van der Waals surface area contributed by atoms with Crippen molar-refractivity contribution in [3.8, 4) is 0 Å². The molecule has 0 spiro atoms. The molecule has 0 amide bonds. The zero-order valence-electron chi connectivity index (χ0n) is 8.78. The van der Waals surface area contributed by atoms with E-state index in [1.165, 1.54) is 0 Å². The SMILES string of the molecule is CCS(=O)(=O)C[C@H](N)c1ccc(Cl)cc1Cl. The monoisotopic (exact) mass is 281 g/mol. The highest BCUT2D eigenvalue weighted by Crippen LogP contribution is 2.25. The van der Waals surface area contributed by atoms with Gasteiger partial charge in [-0.2, -0.15) is 0 Å². The maximum Gasteiger partial charge on any atom is 0.151 e. The highest BCUT2D eigenvalue weighted by molar-refractivity contribution is 7.91. The van der Waals surface area contributed by atoms with Gasteiger partial charge in [-0.15, -0.1) is 0 Å². The molecule has 1 aromatic rings. The van der Waals surface area contributed by atoms with Crippen molar-refractivity contribution in [1.82, 2.24) is 0 Å². The number of nitrogens with two attached hydrogens (primary N) is 1. The van der Waals surface area contributed by atoms with Gasteiger partial charge in [-0.3, -0.25) is 0 Å². The summed E-state index contributed by atoms with van der Waals surface area (Å²) in [6, 6.07) is 4.23. The predicted octanol–water partition coefficient (Wildman–Crippen LogP) is 2.43. The summed E-state index contributed by atoms with van der Waals surface area (Å²) >= 11 is 11.7. The molecular formula is C10H13Cl2NO2S. The number of hydrogen-bond acceptors (Lipinski definition) is 3. The molecule has 16 heavy (non-hydrogen) atoms. The van der Waals surface area contributed by atoms with Crippen LogP contribution in [0, 0.1) is 0 Å². The number of benzene rings is 1. The van der Waals surface area contributed by atoms with Crippen molar-refractivity contribution >= 4 is 33.0 Å². The molecule has 90 valence electrons. The lowest BCUT2D eigenvalue weighted by atomic mass is 10.1. The maximum atomic E-state index is 11.4.